The van der Waals surface area contributed by atoms with Crippen molar-refractivity contribution in [3.63, 3.8) is 0 Å². The van der Waals surface area contributed by atoms with Crippen LogP contribution in [0.5, 0.6) is 0 Å². The van der Waals surface area contributed by atoms with Gasteiger partial charge in [-0.05, 0) is 54.3 Å². The molecule has 1 aliphatic heterocycles. The van der Waals surface area contributed by atoms with Gasteiger partial charge in [-0.1, -0.05) is 121 Å². The van der Waals surface area contributed by atoms with Gasteiger partial charge in [0.15, 0.2) is 0 Å². The lowest BCUT2D eigenvalue weighted by Crippen LogP contribution is -2.36. The second-order valence-corrected chi connectivity index (χ2v) is 12.6. The van der Waals surface area contributed by atoms with Crippen molar-refractivity contribution in [1.82, 2.24) is 14.5 Å². The van der Waals surface area contributed by atoms with Crippen molar-refractivity contribution in [2.75, 3.05) is 0 Å². The molecule has 0 spiro atoms. The fourth-order valence-electron chi connectivity index (χ4n) is 7.76. The third-order valence-electron chi connectivity index (χ3n) is 9.88. The number of amidine groups is 2. The maximum absolute atomic E-state index is 5.30. The van der Waals surface area contributed by atoms with Crippen LogP contribution in [0.25, 0.3) is 49.5 Å². The van der Waals surface area contributed by atoms with E-state index in [1.54, 1.807) is 0 Å². The van der Waals surface area contributed by atoms with E-state index in [1.165, 1.54) is 49.7 Å². The predicted molar refractivity (Wildman–Crippen MR) is 197 cm³/mol. The quantitative estimate of drug-likeness (QED) is 0.210. The number of para-hydroxylation sites is 2. The number of benzene rings is 6. The lowest BCUT2D eigenvalue weighted by molar-refractivity contribution is 0.575. The number of fused-ring (bicyclic) bond motifs is 8. The van der Waals surface area contributed by atoms with Gasteiger partial charge in [0, 0.05) is 44.2 Å². The maximum Gasteiger partial charge on any atom is 0.224 e. The van der Waals surface area contributed by atoms with Gasteiger partial charge in [-0.3, -0.25) is 4.57 Å². The molecule has 0 amide bonds. The van der Waals surface area contributed by atoms with Gasteiger partial charge >= 0.3 is 0 Å². The summed E-state index contributed by atoms with van der Waals surface area (Å²) in [5, 5.41) is 7.25. The van der Waals surface area contributed by atoms with Crippen molar-refractivity contribution in [2.45, 2.75) is 19.1 Å². The number of rotatable bonds is 4. The molecule has 6 aromatic carbocycles. The highest BCUT2D eigenvalue weighted by atomic mass is 15.3. The molecule has 48 heavy (non-hydrogen) atoms. The Morgan fingerprint density at radius 2 is 1.15 bits per heavy atom. The number of aryl methyl sites for hydroxylation is 1. The van der Waals surface area contributed by atoms with Gasteiger partial charge in [-0.15, -0.1) is 0 Å². The fraction of sp³-hybridized carbons (Fsp3) is 0.0698. The number of hydrogen-bond acceptors (Lipinski definition) is 3. The van der Waals surface area contributed by atoms with Crippen LogP contribution in [-0.4, -0.2) is 20.8 Å². The van der Waals surface area contributed by atoms with Crippen LogP contribution in [0.4, 0.5) is 0 Å². The Bertz CT molecular complexity index is 2520. The molecule has 8 aromatic rings. The van der Waals surface area contributed by atoms with Gasteiger partial charge in [0.05, 0.1) is 16.6 Å². The third-order valence-corrected chi connectivity index (χ3v) is 9.88. The van der Waals surface area contributed by atoms with E-state index in [4.69, 9.17) is 9.98 Å². The van der Waals surface area contributed by atoms with Crippen molar-refractivity contribution in [1.29, 1.82) is 0 Å². The first-order valence-electron chi connectivity index (χ1n) is 16.6. The Balaban J connectivity index is 1.29. The Morgan fingerprint density at radius 1 is 0.521 bits per heavy atom. The molecular formula is C43H31N5. The van der Waals surface area contributed by atoms with Crippen LogP contribution in [0.2, 0.25) is 0 Å². The molecule has 3 heterocycles. The molecule has 0 radical (unpaired) electrons. The maximum atomic E-state index is 5.30. The molecule has 10 rings (SSSR count). The van der Waals surface area contributed by atoms with Gasteiger partial charge < -0.3 is 9.88 Å². The van der Waals surface area contributed by atoms with E-state index in [0.29, 0.717) is 0 Å². The number of nitrogens with zero attached hydrogens (tertiary/aromatic N) is 4. The second kappa shape index (κ2) is 10.7. The van der Waals surface area contributed by atoms with E-state index in [9.17, 15) is 0 Å². The SMILES string of the molecule is c1ccc(C2=NC(n3c4ccccc4c4cc5c6c(n(-c7ccccc7)c5cc43)CCc3ccccc3-6)N=C(c3ccccc3)N2)cc1. The Kier molecular flexibility index (Phi) is 6.00. The zero-order valence-electron chi connectivity index (χ0n) is 26.2. The average Bonchev–Trinajstić information content (AvgIpc) is 3.67. The highest BCUT2D eigenvalue weighted by Gasteiger charge is 2.28. The molecule has 0 bridgehead atoms. The third kappa shape index (κ3) is 4.11. The zero-order chi connectivity index (χ0) is 31.6. The molecule has 5 heteroatoms. The molecule has 2 aromatic heterocycles. The van der Waals surface area contributed by atoms with Crippen LogP contribution in [0.15, 0.2) is 162 Å². The molecule has 1 aliphatic carbocycles. The summed E-state index contributed by atoms with van der Waals surface area (Å²) in [6, 6.07) is 53.9. The van der Waals surface area contributed by atoms with Crippen molar-refractivity contribution in [3.05, 3.63) is 174 Å². The number of hydrogen-bond donors (Lipinski definition) is 1. The zero-order valence-corrected chi connectivity index (χ0v) is 26.2. The summed E-state index contributed by atoms with van der Waals surface area (Å²) in [5.41, 5.74) is 12.1. The van der Waals surface area contributed by atoms with Crippen LogP contribution in [0, 0.1) is 0 Å². The van der Waals surface area contributed by atoms with Gasteiger partial charge in [-0.25, -0.2) is 9.98 Å². The van der Waals surface area contributed by atoms with Gasteiger partial charge in [0.25, 0.3) is 0 Å². The van der Waals surface area contributed by atoms with Crippen LogP contribution >= 0.6 is 0 Å². The normalized spacial score (nSPS) is 14.4. The molecule has 0 fully saturated rings. The van der Waals surface area contributed by atoms with Crippen LogP contribution in [0.1, 0.15) is 28.7 Å². The van der Waals surface area contributed by atoms with Gasteiger partial charge in [0.2, 0.25) is 6.29 Å². The number of aliphatic imine (C=N–C) groups is 2. The molecule has 0 saturated heterocycles. The molecule has 0 atom stereocenters. The molecule has 2 aliphatic rings. The monoisotopic (exact) mass is 617 g/mol. The topological polar surface area (TPSA) is 46.6 Å². The highest BCUT2D eigenvalue weighted by molar-refractivity contribution is 6.17. The van der Waals surface area contributed by atoms with Crippen molar-refractivity contribution in [2.24, 2.45) is 9.98 Å². The molecule has 0 unspecified atom stereocenters. The molecular weight excluding hydrogens is 587 g/mol. The van der Waals surface area contributed by atoms with Crippen LogP contribution in [-0.2, 0) is 12.8 Å². The van der Waals surface area contributed by atoms with Crippen LogP contribution in [0.3, 0.4) is 0 Å². The predicted octanol–water partition coefficient (Wildman–Crippen LogP) is 9.46. The lowest BCUT2D eigenvalue weighted by atomic mass is 9.88. The lowest BCUT2D eigenvalue weighted by Gasteiger charge is -2.24. The van der Waals surface area contributed by atoms with Gasteiger partial charge in [0.1, 0.15) is 11.7 Å². The standard InChI is InChI=1S/C43H31N5/c1-4-15-29(16-5-1)41-44-42(30-17-6-2-7-18-30)46-43(45-41)48-36-23-13-12-22-33(36)34-26-35-39(27-38(34)48)47(31-19-8-3-9-20-31)37-25-24-28-14-10-11-21-32(28)40(35)37/h1-23,26-27,43H,24-25H2,(H,44,45,46). The summed E-state index contributed by atoms with van der Waals surface area (Å²) < 4.78 is 4.81. The summed E-state index contributed by atoms with van der Waals surface area (Å²) in [5.74, 6) is 1.61. The largest absolute Gasteiger partial charge is 0.324 e. The molecule has 5 nitrogen and oxygen atoms in total. The van der Waals surface area contributed by atoms with Gasteiger partial charge in [-0.2, -0.15) is 0 Å². The Morgan fingerprint density at radius 3 is 1.88 bits per heavy atom. The molecule has 0 saturated carbocycles. The summed E-state index contributed by atoms with van der Waals surface area (Å²) in [6.07, 6.45) is 1.52. The van der Waals surface area contributed by atoms with Crippen LogP contribution < -0.4 is 5.32 Å². The van der Waals surface area contributed by atoms with E-state index in [2.05, 4.69) is 154 Å². The number of nitrogens with one attached hydrogen (secondary N) is 1. The summed E-state index contributed by atoms with van der Waals surface area (Å²) in [4.78, 5) is 10.6. The minimum atomic E-state index is -0.507. The first-order valence-corrected chi connectivity index (χ1v) is 16.6. The summed E-state index contributed by atoms with van der Waals surface area (Å²) in [7, 11) is 0. The van der Waals surface area contributed by atoms with E-state index in [1.807, 2.05) is 12.1 Å². The molecule has 1 N–H and O–H groups in total. The Hall–Kier alpha value is -6.20. The second-order valence-electron chi connectivity index (χ2n) is 12.6. The summed E-state index contributed by atoms with van der Waals surface area (Å²) >= 11 is 0. The molecule has 228 valence electrons. The highest BCUT2D eigenvalue weighted by Crippen LogP contribution is 2.45. The first kappa shape index (κ1) is 27.0. The smallest absolute Gasteiger partial charge is 0.224 e. The van der Waals surface area contributed by atoms with Crippen molar-refractivity contribution < 1.29 is 0 Å². The van der Waals surface area contributed by atoms with Crippen molar-refractivity contribution in [3.8, 4) is 16.8 Å². The van der Waals surface area contributed by atoms with E-state index in [0.717, 1.165) is 46.7 Å². The average molecular weight is 618 g/mol. The first-order chi connectivity index (χ1) is 23.8. The van der Waals surface area contributed by atoms with E-state index >= 15 is 0 Å². The van der Waals surface area contributed by atoms with Crippen molar-refractivity contribution >= 4 is 44.4 Å². The Labute approximate surface area is 278 Å². The minimum Gasteiger partial charge on any atom is -0.324 e. The summed E-state index contributed by atoms with van der Waals surface area (Å²) in [6.45, 7) is 0. The number of aromatic nitrogens is 2. The fourth-order valence-corrected chi connectivity index (χ4v) is 7.76. The minimum absolute atomic E-state index is 0.507. The van der Waals surface area contributed by atoms with E-state index in [-0.39, 0.29) is 0 Å². The van der Waals surface area contributed by atoms with E-state index < -0.39 is 6.29 Å².